The number of hydrogen-bond donors (Lipinski definition) is 1. The van der Waals surface area contributed by atoms with E-state index in [1.807, 2.05) is 18.2 Å². The van der Waals surface area contributed by atoms with Crippen molar-refractivity contribution >= 4 is 6.09 Å². The third kappa shape index (κ3) is 5.99. The van der Waals surface area contributed by atoms with Crippen molar-refractivity contribution in [3.8, 4) is 28.4 Å². The van der Waals surface area contributed by atoms with Gasteiger partial charge in [0.2, 0.25) is 0 Å². The second kappa shape index (κ2) is 10.8. The zero-order valence-corrected chi connectivity index (χ0v) is 18.1. The Kier molecular flexibility index (Phi) is 7.91. The fraction of sp³-hybridized carbons (Fsp3) is 0.455. The average Bonchev–Trinajstić information content (AvgIpc) is 2.82. The van der Waals surface area contributed by atoms with Crippen LogP contribution in [0.25, 0.3) is 11.1 Å². The molecule has 1 fully saturated rings. The first-order chi connectivity index (χ1) is 15.0. The Morgan fingerprint density at radius 2 is 1.84 bits per heavy atom. The van der Waals surface area contributed by atoms with Crippen molar-refractivity contribution in [2.75, 3.05) is 60.7 Å². The van der Waals surface area contributed by atoms with E-state index in [1.165, 1.54) is 7.11 Å². The first-order valence-corrected chi connectivity index (χ1v) is 10.1. The minimum Gasteiger partial charge on any atom is -0.497 e. The summed E-state index contributed by atoms with van der Waals surface area (Å²) in [4.78, 5) is 19.4. The topological polar surface area (TPSA) is 93.6 Å². The van der Waals surface area contributed by atoms with Crippen LogP contribution in [0.5, 0.6) is 17.2 Å². The Morgan fingerprint density at radius 3 is 2.52 bits per heavy atom. The van der Waals surface area contributed by atoms with Gasteiger partial charge in [-0.2, -0.15) is 0 Å². The van der Waals surface area contributed by atoms with Crippen LogP contribution in [0.2, 0.25) is 0 Å². The van der Waals surface area contributed by atoms with Gasteiger partial charge in [-0.1, -0.05) is 0 Å². The molecule has 0 bridgehead atoms. The first-order valence-electron chi connectivity index (χ1n) is 10.1. The Morgan fingerprint density at radius 1 is 1.10 bits per heavy atom. The van der Waals surface area contributed by atoms with Gasteiger partial charge in [-0.15, -0.1) is 0 Å². The van der Waals surface area contributed by atoms with Crippen molar-refractivity contribution in [1.82, 2.24) is 14.8 Å². The third-order valence-corrected chi connectivity index (χ3v) is 5.15. The lowest BCUT2D eigenvalue weighted by atomic mass is 10.1. The normalized spacial score (nSPS) is 15.3. The Hall–Kier alpha value is -3.04. The van der Waals surface area contributed by atoms with E-state index in [9.17, 15) is 9.90 Å². The highest BCUT2D eigenvalue weighted by Crippen LogP contribution is 2.34. The largest absolute Gasteiger partial charge is 0.497 e. The summed E-state index contributed by atoms with van der Waals surface area (Å²) in [6.45, 7) is 3.11. The smallest absolute Gasteiger partial charge is 0.409 e. The Labute approximate surface area is 182 Å². The average molecular weight is 431 g/mol. The number of benzene rings is 1. The molecule has 1 aromatic heterocycles. The van der Waals surface area contributed by atoms with Crippen molar-refractivity contribution < 1.29 is 28.8 Å². The number of aromatic nitrogens is 1. The van der Waals surface area contributed by atoms with Crippen molar-refractivity contribution in [3.05, 3.63) is 36.7 Å². The molecule has 1 aliphatic rings. The molecule has 1 amide bonds. The van der Waals surface area contributed by atoms with E-state index >= 15 is 0 Å². The molecule has 1 saturated heterocycles. The van der Waals surface area contributed by atoms with Crippen LogP contribution < -0.4 is 14.2 Å². The molecule has 31 heavy (non-hydrogen) atoms. The molecular weight excluding hydrogens is 402 g/mol. The molecule has 2 heterocycles. The number of methoxy groups -OCH3 is 3. The molecule has 0 saturated carbocycles. The second-order valence-electron chi connectivity index (χ2n) is 7.20. The number of hydrogen-bond acceptors (Lipinski definition) is 8. The summed E-state index contributed by atoms with van der Waals surface area (Å²) in [6, 6.07) is 7.41. The van der Waals surface area contributed by atoms with E-state index in [1.54, 1.807) is 37.6 Å². The van der Waals surface area contributed by atoms with E-state index < -0.39 is 6.10 Å². The molecule has 1 atom stereocenters. The number of carbonyl (C=O) groups is 1. The number of amides is 1. The van der Waals surface area contributed by atoms with E-state index in [2.05, 4.69) is 9.88 Å². The Bertz CT molecular complexity index is 870. The Balaban J connectivity index is 1.59. The van der Waals surface area contributed by atoms with Crippen LogP contribution >= 0.6 is 0 Å². The summed E-state index contributed by atoms with van der Waals surface area (Å²) in [5.41, 5.74) is 1.73. The highest BCUT2D eigenvalue weighted by Gasteiger charge is 2.23. The third-order valence-electron chi connectivity index (χ3n) is 5.15. The molecule has 1 aliphatic heterocycles. The van der Waals surface area contributed by atoms with Gasteiger partial charge in [0, 0.05) is 50.6 Å². The summed E-state index contributed by atoms with van der Waals surface area (Å²) in [5.74, 6) is 1.87. The minimum atomic E-state index is -0.671. The lowest BCUT2D eigenvalue weighted by Gasteiger charge is -2.34. The maximum atomic E-state index is 11.6. The van der Waals surface area contributed by atoms with Crippen LogP contribution in [0.1, 0.15) is 0 Å². The van der Waals surface area contributed by atoms with Crippen molar-refractivity contribution in [2.45, 2.75) is 6.10 Å². The van der Waals surface area contributed by atoms with Gasteiger partial charge in [0.15, 0.2) is 0 Å². The zero-order chi connectivity index (χ0) is 22.2. The predicted molar refractivity (Wildman–Crippen MR) is 115 cm³/mol. The van der Waals surface area contributed by atoms with Crippen molar-refractivity contribution in [3.63, 3.8) is 0 Å². The highest BCUT2D eigenvalue weighted by atomic mass is 16.5. The summed E-state index contributed by atoms with van der Waals surface area (Å²) in [5, 5.41) is 10.4. The van der Waals surface area contributed by atoms with Crippen LogP contribution in [-0.2, 0) is 4.74 Å². The van der Waals surface area contributed by atoms with E-state index in [4.69, 9.17) is 18.9 Å². The number of nitrogens with zero attached hydrogens (tertiary/aromatic N) is 3. The second-order valence-corrected chi connectivity index (χ2v) is 7.20. The zero-order valence-electron chi connectivity index (χ0n) is 18.1. The standard InChI is InChI=1S/C22H29N3O6/c1-28-18-10-16(20-4-5-23-13-21(20)29-2)11-19(12-18)31-15-17(26)14-24-6-8-25(9-7-24)22(27)30-3/h4-5,10-13,17,26H,6-9,14-15H2,1-3H3. The maximum Gasteiger partial charge on any atom is 0.409 e. The molecular formula is C22H29N3O6. The van der Waals surface area contributed by atoms with Crippen LogP contribution in [0.4, 0.5) is 4.79 Å². The van der Waals surface area contributed by atoms with Gasteiger partial charge < -0.3 is 29.0 Å². The lowest BCUT2D eigenvalue weighted by molar-refractivity contribution is 0.0435. The number of aliphatic hydroxyl groups is 1. The fourth-order valence-electron chi connectivity index (χ4n) is 3.49. The number of carbonyl (C=O) groups excluding carboxylic acids is 1. The van der Waals surface area contributed by atoms with Gasteiger partial charge in [0.1, 0.15) is 30.0 Å². The first kappa shape index (κ1) is 22.6. The van der Waals surface area contributed by atoms with Crippen molar-refractivity contribution in [1.29, 1.82) is 0 Å². The highest BCUT2D eigenvalue weighted by molar-refractivity contribution is 5.72. The monoisotopic (exact) mass is 431 g/mol. The van der Waals surface area contributed by atoms with E-state index in [0.717, 1.165) is 11.1 Å². The minimum absolute atomic E-state index is 0.136. The fourth-order valence-corrected chi connectivity index (χ4v) is 3.49. The number of pyridine rings is 1. The molecule has 3 rings (SSSR count). The lowest BCUT2D eigenvalue weighted by Crippen LogP contribution is -2.50. The summed E-state index contributed by atoms with van der Waals surface area (Å²) in [6.07, 6.45) is 2.36. The molecule has 9 heteroatoms. The van der Waals surface area contributed by atoms with E-state index in [-0.39, 0.29) is 12.7 Å². The molecule has 2 aromatic rings. The molecule has 1 N–H and O–H groups in total. The summed E-state index contributed by atoms with van der Waals surface area (Å²) < 4.78 is 21.4. The molecule has 168 valence electrons. The molecule has 0 spiro atoms. The number of ether oxygens (including phenoxy) is 4. The summed E-state index contributed by atoms with van der Waals surface area (Å²) in [7, 11) is 4.57. The van der Waals surface area contributed by atoms with Gasteiger partial charge in [-0.3, -0.25) is 9.88 Å². The van der Waals surface area contributed by atoms with E-state index in [0.29, 0.717) is 50.0 Å². The van der Waals surface area contributed by atoms with Gasteiger partial charge in [-0.25, -0.2) is 4.79 Å². The summed E-state index contributed by atoms with van der Waals surface area (Å²) >= 11 is 0. The number of rotatable bonds is 8. The number of β-amino-alcohol motifs (C(OH)–C–C–N with tert-alkyl or cyclic N) is 1. The predicted octanol–water partition coefficient (Wildman–Crippen LogP) is 1.89. The quantitative estimate of drug-likeness (QED) is 0.677. The number of aliphatic hydroxyl groups excluding tert-OH is 1. The number of piperazine rings is 1. The molecule has 0 radical (unpaired) electrons. The molecule has 1 unspecified atom stereocenters. The molecule has 9 nitrogen and oxygen atoms in total. The van der Waals surface area contributed by atoms with Gasteiger partial charge >= 0.3 is 6.09 Å². The van der Waals surface area contributed by atoms with Crippen LogP contribution in [-0.4, -0.2) is 92.7 Å². The van der Waals surface area contributed by atoms with Crippen LogP contribution in [0, 0.1) is 0 Å². The van der Waals surface area contributed by atoms with Crippen molar-refractivity contribution in [2.24, 2.45) is 0 Å². The van der Waals surface area contributed by atoms with Gasteiger partial charge in [0.05, 0.1) is 27.5 Å². The van der Waals surface area contributed by atoms with Gasteiger partial charge in [-0.05, 0) is 23.8 Å². The van der Waals surface area contributed by atoms with Gasteiger partial charge in [0.25, 0.3) is 0 Å². The maximum absolute atomic E-state index is 11.6. The SMILES string of the molecule is COC(=O)N1CCN(CC(O)COc2cc(OC)cc(-c3ccncc3OC)c2)CC1. The van der Waals surface area contributed by atoms with Crippen LogP contribution in [0.3, 0.4) is 0 Å². The molecule has 1 aromatic carbocycles. The molecule has 0 aliphatic carbocycles. The van der Waals surface area contributed by atoms with Crippen LogP contribution in [0.15, 0.2) is 36.7 Å².